The van der Waals surface area contributed by atoms with Crippen LogP contribution in [0.1, 0.15) is 22.7 Å². The number of aromatic nitrogens is 2. The molecule has 96 valence electrons. The summed E-state index contributed by atoms with van der Waals surface area (Å²) >= 11 is 0. The van der Waals surface area contributed by atoms with E-state index in [1.807, 2.05) is 6.92 Å². The Balaban J connectivity index is 2.26. The van der Waals surface area contributed by atoms with Crippen molar-refractivity contribution in [3.05, 3.63) is 46.9 Å². The fourth-order valence-corrected chi connectivity index (χ4v) is 1.92. The van der Waals surface area contributed by atoms with Crippen LogP contribution in [0.2, 0.25) is 0 Å². The fraction of sp³-hybridized carbons (Fsp3) is 0.250. The monoisotopic (exact) mass is 249 g/mol. The van der Waals surface area contributed by atoms with Crippen LogP contribution in [0, 0.1) is 12.7 Å². The van der Waals surface area contributed by atoms with E-state index in [0.29, 0.717) is 12.2 Å². The Morgan fingerprint density at radius 1 is 1.50 bits per heavy atom. The van der Waals surface area contributed by atoms with Gasteiger partial charge < -0.3 is 5.73 Å². The van der Waals surface area contributed by atoms with E-state index in [1.54, 1.807) is 12.3 Å². The smallest absolute Gasteiger partial charge is 0.123 e. The van der Waals surface area contributed by atoms with Crippen molar-refractivity contribution in [2.75, 3.05) is 5.73 Å². The van der Waals surface area contributed by atoms with Gasteiger partial charge in [0, 0.05) is 5.56 Å². The summed E-state index contributed by atoms with van der Waals surface area (Å²) < 4.78 is 13.2. The highest BCUT2D eigenvalue weighted by molar-refractivity contribution is 5.40. The molecular weight excluding hydrogens is 233 g/mol. The Bertz CT molecular complexity index is 537. The third-order valence-electron chi connectivity index (χ3n) is 3.01. The summed E-state index contributed by atoms with van der Waals surface area (Å²) in [7, 11) is 0. The van der Waals surface area contributed by atoms with Crippen LogP contribution >= 0.6 is 0 Å². The quantitative estimate of drug-likeness (QED) is 0.483. The average Bonchev–Trinajstić information content (AvgIpc) is 2.77. The maximum atomic E-state index is 13.2. The molecule has 0 saturated heterocycles. The molecule has 2 aromatic rings. The molecule has 2 rings (SSSR count). The Morgan fingerprint density at radius 3 is 2.89 bits per heavy atom. The second-order valence-electron chi connectivity index (χ2n) is 4.23. The summed E-state index contributed by atoms with van der Waals surface area (Å²) in [6, 6.07) is 4.49. The van der Waals surface area contributed by atoms with Crippen molar-refractivity contribution in [1.82, 2.24) is 15.6 Å². The Hall–Kier alpha value is -1.92. The van der Waals surface area contributed by atoms with Gasteiger partial charge in [0.1, 0.15) is 11.6 Å². The van der Waals surface area contributed by atoms with Gasteiger partial charge in [0.2, 0.25) is 0 Å². The third-order valence-corrected chi connectivity index (χ3v) is 3.01. The molecule has 5 nitrogen and oxygen atoms in total. The van der Waals surface area contributed by atoms with Crippen LogP contribution in [0.25, 0.3) is 0 Å². The van der Waals surface area contributed by atoms with E-state index in [0.717, 1.165) is 16.7 Å². The van der Waals surface area contributed by atoms with Gasteiger partial charge >= 0.3 is 0 Å². The van der Waals surface area contributed by atoms with Crippen molar-refractivity contribution >= 4 is 5.82 Å². The molecule has 0 aliphatic carbocycles. The van der Waals surface area contributed by atoms with Crippen LogP contribution in [0.15, 0.2) is 24.4 Å². The van der Waals surface area contributed by atoms with E-state index < -0.39 is 0 Å². The van der Waals surface area contributed by atoms with Crippen LogP contribution in [0.4, 0.5) is 10.2 Å². The topological polar surface area (TPSA) is 92.7 Å². The number of halogens is 1. The van der Waals surface area contributed by atoms with Gasteiger partial charge in [-0.2, -0.15) is 5.10 Å². The largest absolute Gasteiger partial charge is 0.384 e. The molecule has 0 bridgehead atoms. The van der Waals surface area contributed by atoms with Gasteiger partial charge in [-0.15, -0.1) is 0 Å². The van der Waals surface area contributed by atoms with Crippen molar-refractivity contribution in [1.29, 1.82) is 0 Å². The Labute approximate surface area is 104 Å². The van der Waals surface area contributed by atoms with E-state index in [-0.39, 0.29) is 11.9 Å². The van der Waals surface area contributed by atoms with Crippen LogP contribution in [0.3, 0.4) is 0 Å². The number of hydrazine groups is 1. The van der Waals surface area contributed by atoms with E-state index in [9.17, 15) is 4.39 Å². The number of hydrogen-bond acceptors (Lipinski definition) is 4. The first-order valence-corrected chi connectivity index (χ1v) is 5.61. The number of nitrogen functional groups attached to an aromatic ring is 1. The maximum absolute atomic E-state index is 13.2. The number of H-pyrrole nitrogens is 1. The number of nitrogens with one attached hydrogen (secondary N) is 2. The average molecular weight is 249 g/mol. The van der Waals surface area contributed by atoms with Gasteiger partial charge in [-0.3, -0.25) is 16.4 Å². The third kappa shape index (κ3) is 2.49. The van der Waals surface area contributed by atoms with Crippen LogP contribution in [-0.2, 0) is 6.42 Å². The summed E-state index contributed by atoms with van der Waals surface area (Å²) in [6.07, 6.45) is 2.16. The van der Waals surface area contributed by atoms with E-state index in [1.165, 1.54) is 12.1 Å². The Morgan fingerprint density at radius 2 is 2.28 bits per heavy atom. The second kappa shape index (κ2) is 5.16. The predicted molar refractivity (Wildman–Crippen MR) is 67.9 cm³/mol. The van der Waals surface area contributed by atoms with Crippen molar-refractivity contribution in [3.8, 4) is 0 Å². The number of hydrogen-bond donors (Lipinski definition) is 4. The predicted octanol–water partition coefficient (Wildman–Crippen LogP) is 1.19. The van der Waals surface area contributed by atoms with Gasteiger partial charge in [0.25, 0.3) is 0 Å². The fourth-order valence-electron chi connectivity index (χ4n) is 1.92. The zero-order valence-corrected chi connectivity index (χ0v) is 10.1. The molecule has 18 heavy (non-hydrogen) atoms. The van der Waals surface area contributed by atoms with Crippen LogP contribution in [0.5, 0.6) is 0 Å². The summed E-state index contributed by atoms with van der Waals surface area (Å²) in [5.74, 6) is 5.73. The minimum Gasteiger partial charge on any atom is -0.384 e. The molecule has 6 heteroatoms. The lowest BCUT2D eigenvalue weighted by molar-refractivity contribution is 0.549. The van der Waals surface area contributed by atoms with E-state index in [2.05, 4.69) is 15.6 Å². The van der Waals surface area contributed by atoms with Gasteiger partial charge in [0.15, 0.2) is 0 Å². The first-order chi connectivity index (χ1) is 8.61. The molecular formula is C12H16FN5. The number of nitrogens with two attached hydrogens (primary N) is 2. The van der Waals surface area contributed by atoms with Gasteiger partial charge in [-0.1, -0.05) is 6.07 Å². The number of aromatic amines is 1. The molecule has 1 aromatic carbocycles. The highest BCUT2D eigenvalue weighted by Crippen LogP contribution is 2.23. The van der Waals surface area contributed by atoms with Gasteiger partial charge in [-0.05, 0) is 36.6 Å². The number of benzene rings is 1. The number of anilines is 1. The molecule has 1 unspecified atom stereocenters. The summed E-state index contributed by atoms with van der Waals surface area (Å²) in [5, 5.41) is 6.51. The summed E-state index contributed by atoms with van der Waals surface area (Å²) in [5.41, 5.74) is 11.1. The van der Waals surface area contributed by atoms with Crippen molar-refractivity contribution in [2.24, 2.45) is 5.84 Å². The highest BCUT2D eigenvalue weighted by Gasteiger charge is 2.16. The number of nitrogens with zero attached hydrogens (tertiary/aromatic N) is 1. The lowest BCUT2D eigenvalue weighted by Gasteiger charge is -2.16. The number of rotatable bonds is 4. The van der Waals surface area contributed by atoms with E-state index in [4.69, 9.17) is 11.6 Å². The lowest BCUT2D eigenvalue weighted by Crippen LogP contribution is -2.30. The molecule has 0 amide bonds. The van der Waals surface area contributed by atoms with Crippen LogP contribution in [-0.4, -0.2) is 10.2 Å². The van der Waals surface area contributed by atoms with E-state index >= 15 is 0 Å². The molecule has 1 aromatic heterocycles. The molecule has 0 fully saturated rings. The molecule has 0 aliphatic heterocycles. The van der Waals surface area contributed by atoms with Crippen LogP contribution < -0.4 is 17.0 Å². The molecule has 1 atom stereocenters. The van der Waals surface area contributed by atoms with Gasteiger partial charge in [0.05, 0.1) is 12.2 Å². The summed E-state index contributed by atoms with van der Waals surface area (Å²) in [4.78, 5) is 0. The first kappa shape index (κ1) is 12.5. The standard InChI is InChI=1S/C12H16FN5/c1-7-2-3-9(13)4-8(7)5-11(17-15)10-6-16-18-12(10)14/h2-4,6,11,17H,5,15H2,1H3,(H3,14,16,18). The number of aryl methyl sites for hydroxylation is 1. The van der Waals surface area contributed by atoms with Gasteiger partial charge in [-0.25, -0.2) is 4.39 Å². The summed E-state index contributed by atoms with van der Waals surface area (Å²) in [6.45, 7) is 1.93. The zero-order valence-electron chi connectivity index (χ0n) is 10.1. The maximum Gasteiger partial charge on any atom is 0.123 e. The SMILES string of the molecule is Cc1ccc(F)cc1CC(NN)c1cn[nH]c1N. The highest BCUT2D eigenvalue weighted by atomic mass is 19.1. The zero-order chi connectivity index (χ0) is 13.1. The second-order valence-corrected chi connectivity index (χ2v) is 4.23. The normalized spacial score (nSPS) is 12.6. The lowest BCUT2D eigenvalue weighted by atomic mass is 9.98. The van der Waals surface area contributed by atoms with Crippen molar-refractivity contribution < 1.29 is 4.39 Å². The van der Waals surface area contributed by atoms with Crippen molar-refractivity contribution in [2.45, 2.75) is 19.4 Å². The Kier molecular flexibility index (Phi) is 3.59. The van der Waals surface area contributed by atoms with Crippen molar-refractivity contribution in [3.63, 3.8) is 0 Å². The molecule has 1 heterocycles. The minimum absolute atomic E-state index is 0.204. The molecule has 0 spiro atoms. The molecule has 6 N–H and O–H groups in total. The minimum atomic E-state index is -0.258. The molecule has 0 aliphatic rings. The molecule has 0 saturated carbocycles. The first-order valence-electron chi connectivity index (χ1n) is 5.61. The molecule has 0 radical (unpaired) electrons.